The molecule has 0 saturated carbocycles. The van der Waals surface area contributed by atoms with Crippen molar-refractivity contribution in [2.24, 2.45) is 0 Å². The van der Waals surface area contributed by atoms with Crippen molar-refractivity contribution < 1.29 is 8.42 Å². The number of rotatable bonds is 5. The Morgan fingerprint density at radius 3 is 2.83 bits per heavy atom. The summed E-state index contributed by atoms with van der Waals surface area (Å²) in [4.78, 5) is 3.15. The van der Waals surface area contributed by atoms with E-state index in [1.54, 1.807) is 0 Å². The fourth-order valence-corrected chi connectivity index (χ4v) is 2.88. The van der Waals surface area contributed by atoms with Crippen molar-refractivity contribution in [2.45, 2.75) is 12.2 Å². The highest BCUT2D eigenvalue weighted by atomic mass is 35.5. The first-order valence-electron chi connectivity index (χ1n) is 5.62. The fraction of sp³-hybridized carbons (Fsp3) is 0.333. The number of aromatic nitrogens is 1. The van der Waals surface area contributed by atoms with Gasteiger partial charge in [-0.05, 0) is 36.7 Å². The van der Waals surface area contributed by atoms with Gasteiger partial charge in [-0.15, -0.1) is 11.6 Å². The third-order valence-corrected chi connectivity index (χ3v) is 4.39. The van der Waals surface area contributed by atoms with Crippen LogP contribution in [0.25, 0.3) is 10.9 Å². The highest BCUT2D eigenvalue weighted by Gasteiger charge is 2.10. The molecule has 0 saturated heterocycles. The van der Waals surface area contributed by atoms with Crippen LogP contribution in [0.3, 0.4) is 0 Å². The number of benzene rings is 1. The van der Waals surface area contributed by atoms with Gasteiger partial charge in [-0.3, -0.25) is 0 Å². The van der Waals surface area contributed by atoms with Crippen LogP contribution in [0.1, 0.15) is 11.1 Å². The van der Waals surface area contributed by atoms with E-state index in [4.69, 9.17) is 11.6 Å². The highest BCUT2D eigenvalue weighted by molar-refractivity contribution is 7.88. The Bertz CT molecular complexity index is 649. The lowest BCUT2D eigenvalue weighted by atomic mass is 10.1. The van der Waals surface area contributed by atoms with E-state index in [0.717, 1.165) is 28.5 Å². The Kier molecular flexibility index (Phi) is 3.94. The zero-order chi connectivity index (χ0) is 13.2. The molecule has 2 aromatic rings. The summed E-state index contributed by atoms with van der Waals surface area (Å²) in [6, 6.07) is 5.62. The van der Waals surface area contributed by atoms with Crippen molar-refractivity contribution in [2.75, 3.05) is 12.9 Å². The van der Waals surface area contributed by atoms with Crippen molar-refractivity contribution in [3.63, 3.8) is 0 Å². The number of aromatic amines is 1. The van der Waals surface area contributed by atoms with Gasteiger partial charge in [0.15, 0.2) is 0 Å². The lowest BCUT2D eigenvalue weighted by molar-refractivity contribution is 0.587. The number of nitrogens with one attached hydrogen (secondary N) is 2. The smallest absolute Gasteiger partial charge is 0.215 e. The van der Waals surface area contributed by atoms with Gasteiger partial charge in [0.2, 0.25) is 10.0 Å². The quantitative estimate of drug-likeness (QED) is 0.826. The van der Waals surface area contributed by atoms with Crippen LogP contribution in [0.4, 0.5) is 0 Å². The maximum Gasteiger partial charge on any atom is 0.215 e. The summed E-state index contributed by atoms with van der Waals surface area (Å²) < 4.78 is 25.3. The molecule has 0 aliphatic carbocycles. The van der Waals surface area contributed by atoms with Crippen LogP contribution < -0.4 is 4.72 Å². The molecule has 0 aliphatic rings. The van der Waals surface area contributed by atoms with E-state index in [9.17, 15) is 8.42 Å². The van der Waals surface area contributed by atoms with Crippen LogP contribution >= 0.6 is 11.6 Å². The standard InChI is InChI=1S/C12H15ClN2O2S/c1-14-18(16,17)8-9-2-3-12-11(6-9)10(4-5-13)7-15-12/h2-3,6-7,14-15H,4-5,8H2,1H3. The minimum atomic E-state index is -3.24. The number of H-pyrrole nitrogens is 1. The predicted molar refractivity (Wildman–Crippen MR) is 74.4 cm³/mol. The van der Waals surface area contributed by atoms with Crippen molar-refractivity contribution in [3.05, 3.63) is 35.5 Å². The van der Waals surface area contributed by atoms with Crippen molar-refractivity contribution in [3.8, 4) is 0 Å². The molecule has 0 spiro atoms. The molecule has 6 heteroatoms. The fourth-order valence-electron chi connectivity index (χ4n) is 1.92. The monoisotopic (exact) mass is 286 g/mol. The first kappa shape index (κ1) is 13.4. The molecule has 1 aromatic heterocycles. The van der Waals surface area contributed by atoms with Gasteiger partial charge in [0.1, 0.15) is 0 Å². The zero-order valence-electron chi connectivity index (χ0n) is 10.0. The summed E-state index contributed by atoms with van der Waals surface area (Å²) in [7, 11) is -1.82. The van der Waals surface area contributed by atoms with E-state index < -0.39 is 10.0 Å². The molecule has 1 heterocycles. The van der Waals surface area contributed by atoms with E-state index in [0.29, 0.717) is 5.88 Å². The van der Waals surface area contributed by atoms with Gasteiger partial charge in [-0.1, -0.05) is 6.07 Å². The number of aryl methyl sites for hydroxylation is 1. The molecular weight excluding hydrogens is 272 g/mol. The maximum absolute atomic E-state index is 11.5. The van der Waals surface area contributed by atoms with Crippen LogP contribution in [0.5, 0.6) is 0 Å². The number of halogens is 1. The minimum Gasteiger partial charge on any atom is -0.361 e. The molecule has 0 radical (unpaired) electrons. The Balaban J connectivity index is 2.39. The van der Waals surface area contributed by atoms with E-state index >= 15 is 0 Å². The minimum absolute atomic E-state index is 0.00899. The molecule has 0 fully saturated rings. The molecule has 2 rings (SSSR count). The van der Waals surface area contributed by atoms with Crippen LogP contribution in [-0.2, 0) is 22.2 Å². The Morgan fingerprint density at radius 2 is 2.17 bits per heavy atom. The normalized spacial score (nSPS) is 12.1. The largest absolute Gasteiger partial charge is 0.361 e. The van der Waals surface area contributed by atoms with Crippen LogP contribution in [0, 0.1) is 0 Å². The lowest BCUT2D eigenvalue weighted by Crippen LogP contribution is -2.20. The summed E-state index contributed by atoms with van der Waals surface area (Å²) in [5.74, 6) is 0.539. The van der Waals surface area contributed by atoms with Gasteiger partial charge >= 0.3 is 0 Å². The molecule has 2 N–H and O–H groups in total. The summed E-state index contributed by atoms with van der Waals surface area (Å²) in [5.41, 5.74) is 2.89. The van der Waals surface area contributed by atoms with Crippen LogP contribution in [0.2, 0.25) is 0 Å². The summed E-state index contributed by atoms with van der Waals surface area (Å²) in [5, 5.41) is 1.04. The van der Waals surface area contributed by atoms with Crippen molar-refractivity contribution in [1.29, 1.82) is 0 Å². The van der Waals surface area contributed by atoms with E-state index in [1.165, 1.54) is 7.05 Å². The van der Waals surface area contributed by atoms with E-state index in [2.05, 4.69) is 9.71 Å². The zero-order valence-corrected chi connectivity index (χ0v) is 11.6. The molecule has 0 bridgehead atoms. The van der Waals surface area contributed by atoms with E-state index in [-0.39, 0.29) is 5.75 Å². The maximum atomic E-state index is 11.5. The third-order valence-electron chi connectivity index (χ3n) is 2.86. The first-order chi connectivity index (χ1) is 8.55. The second-order valence-electron chi connectivity index (χ2n) is 4.10. The third kappa shape index (κ3) is 2.85. The molecular formula is C12H15ClN2O2S. The molecule has 4 nitrogen and oxygen atoms in total. The van der Waals surface area contributed by atoms with Crippen molar-refractivity contribution in [1.82, 2.24) is 9.71 Å². The highest BCUT2D eigenvalue weighted by Crippen LogP contribution is 2.21. The van der Waals surface area contributed by atoms with Crippen LogP contribution in [-0.4, -0.2) is 26.3 Å². The number of sulfonamides is 1. The van der Waals surface area contributed by atoms with Crippen LogP contribution in [0.15, 0.2) is 24.4 Å². The first-order valence-corrected chi connectivity index (χ1v) is 7.80. The molecule has 18 heavy (non-hydrogen) atoms. The number of fused-ring (bicyclic) bond motifs is 1. The average molecular weight is 287 g/mol. The summed E-state index contributed by atoms with van der Waals surface area (Å²) >= 11 is 5.74. The average Bonchev–Trinajstić information content (AvgIpc) is 2.72. The van der Waals surface area contributed by atoms with Gasteiger partial charge in [-0.2, -0.15) is 0 Å². The predicted octanol–water partition coefficient (Wildman–Crippen LogP) is 2.00. The molecule has 0 aliphatic heterocycles. The molecule has 0 atom stereocenters. The van der Waals surface area contributed by atoms with Gasteiger partial charge in [0, 0.05) is 23.0 Å². The van der Waals surface area contributed by atoms with Crippen molar-refractivity contribution >= 4 is 32.5 Å². The van der Waals surface area contributed by atoms with Gasteiger partial charge in [0.25, 0.3) is 0 Å². The van der Waals surface area contributed by atoms with Gasteiger partial charge in [-0.25, -0.2) is 13.1 Å². The summed E-state index contributed by atoms with van der Waals surface area (Å²) in [6.07, 6.45) is 2.69. The van der Waals surface area contributed by atoms with Gasteiger partial charge in [0.05, 0.1) is 5.75 Å². The molecule has 98 valence electrons. The Hall–Kier alpha value is -1.04. The molecule has 0 amide bonds. The van der Waals surface area contributed by atoms with Gasteiger partial charge < -0.3 is 4.98 Å². The lowest BCUT2D eigenvalue weighted by Gasteiger charge is -2.03. The topological polar surface area (TPSA) is 62.0 Å². The summed E-state index contributed by atoms with van der Waals surface area (Å²) in [6.45, 7) is 0. The second kappa shape index (κ2) is 5.30. The molecule has 0 unspecified atom stereocenters. The van der Waals surface area contributed by atoms with E-state index in [1.807, 2.05) is 24.4 Å². The Labute approximate surface area is 111 Å². The number of hydrogen-bond acceptors (Lipinski definition) is 2. The second-order valence-corrected chi connectivity index (χ2v) is 6.40. The molecule has 1 aromatic carbocycles. The Morgan fingerprint density at radius 1 is 1.39 bits per heavy atom. The SMILES string of the molecule is CNS(=O)(=O)Cc1ccc2[nH]cc(CCCl)c2c1. The number of alkyl halides is 1. The number of hydrogen-bond donors (Lipinski definition) is 2.